The molecule has 1 aliphatic heterocycles. The van der Waals surface area contributed by atoms with Crippen LogP contribution in [0.3, 0.4) is 0 Å². The summed E-state index contributed by atoms with van der Waals surface area (Å²) >= 11 is 0. The van der Waals surface area contributed by atoms with Crippen LogP contribution in [-0.2, 0) is 4.74 Å². The molecule has 0 N–H and O–H groups in total. The van der Waals surface area contributed by atoms with Gasteiger partial charge >= 0.3 is 0 Å². The molecular weight excluding hydrogens is 212 g/mol. The van der Waals surface area contributed by atoms with Gasteiger partial charge in [0.25, 0.3) is 0 Å². The standard InChI is InChI=1S/C14H25N2O/c1-14(2,17-3)16(11-9-15-10-12-16)13-7-5-4-6-8-13/h9-11,13H,4-8,12H2,1-3H3/q+1. The summed E-state index contributed by atoms with van der Waals surface area (Å²) in [6.07, 6.45) is 13.0. The highest BCUT2D eigenvalue weighted by Gasteiger charge is 2.48. The molecule has 2 aliphatic rings. The Morgan fingerprint density at radius 1 is 1.24 bits per heavy atom. The van der Waals surface area contributed by atoms with E-state index in [1.807, 2.05) is 19.5 Å². The van der Waals surface area contributed by atoms with Gasteiger partial charge in [-0.25, -0.2) is 0 Å². The molecule has 0 bridgehead atoms. The molecule has 1 fully saturated rings. The van der Waals surface area contributed by atoms with Gasteiger partial charge in [0.1, 0.15) is 12.7 Å². The maximum Gasteiger partial charge on any atom is 0.201 e. The van der Waals surface area contributed by atoms with E-state index in [0.717, 1.165) is 11.0 Å². The lowest BCUT2D eigenvalue weighted by atomic mass is 9.90. The molecule has 0 radical (unpaired) electrons. The van der Waals surface area contributed by atoms with Crippen LogP contribution in [0, 0.1) is 0 Å². The predicted octanol–water partition coefficient (Wildman–Crippen LogP) is 3.07. The summed E-state index contributed by atoms with van der Waals surface area (Å²) in [4.78, 5) is 4.24. The van der Waals surface area contributed by atoms with Gasteiger partial charge in [0.05, 0.1) is 18.5 Å². The molecule has 0 amide bonds. The Labute approximate surface area is 105 Å². The molecule has 17 heavy (non-hydrogen) atoms. The van der Waals surface area contributed by atoms with Crippen molar-refractivity contribution in [3.05, 3.63) is 12.4 Å². The van der Waals surface area contributed by atoms with Gasteiger partial charge in [-0.05, 0) is 25.7 Å². The summed E-state index contributed by atoms with van der Waals surface area (Å²) in [6.45, 7) is 5.36. The lowest BCUT2D eigenvalue weighted by Gasteiger charge is -2.52. The van der Waals surface area contributed by atoms with Crippen molar-refractivity contribution < 1.29 is 9.22 Å². The molecular formula is C14H25N2O+. The Bertz CT molecular complexity index is 316. The number of aliphatic imine (C=N–C) groups is 1. The highest BCUT2D eigenvalue weighted by Crippen LogP contribution is 2.37. The summed E-state index contributed by atoms with van der Waals surface area (Å²) in [5.74, 6) is 0. The fourth-order valence-electron chi connectivity index (χ4n) is 3.28. The van der Waals surface area contributed by atoms with E-state index in [1.54, 1.807) is 0 Å². The maximum absolute atomic E-state index is 5.79. The predicted molar refractivity (Wildman–Crippen MR) is 70.7 cm³/mol. The van der Waals surface area contributed by atoms with Crippen molar-refractivity contribution in [3.63, 3.8) is 0 Å². The number of nitrogens with zero attached hydrogens (tertiary/aromatic N) is 2. The van der Waals surface area contributed by atoms with Gasteiger partial charge in [0, 0.05) is 21.0 Å². The second kappa shape index (κ2) is 4.91. The molecule has 2 rings (SSSR count). The van der Waals surface area contributed by atoms with Crippen molar-refractivity contribution >= 4 is 6.21 Å². The maximum atomic E-state index is 5.79. The van der Waals surface area contributed by atoms with Crippen LogP contribution in [0.5, 0.6) is 0 Å². The zero-order valence-electron chi connectivity index (χ0n) is 11.4. The Balaban J connectivity index is 2.29. The minimum atomic E-state index is -0.176. The van der Waals surface area contributed by atoms with Crippen molar-refractivity contribution in [2.75, 3.05) is 13.7 Å². The topological polar surface area (TPSA) is 21.6 Å². The number of quaternary nitrogens is 1. The summed E-state index contributed by atoms with van der Waals surface area (Å²) in [7, 11) is 1.82. The van der Waals surface area contributed by atoms with E-state index in [9.17, 15) is 0 Å². The fraction of sp³-hybridized carbons (Fsp3) is 0.786. The largest absolute Gasteiger partial charge is 0.330 e. The monoisotopic (exact) mass is 237 g/mol. The summed E-state index contributed by atoms with van der Waals surface area (Å²) < 4.78 is 6.70. The van der Waals surface area contributed by atoms with Gasteiger partial charge in [-0.15, -0.1) is 0 Å². The molecule has 0 aromatic rings. The lowest BCUT2D eigenvalue weighted by molar-refractivity contribution is -0.967. The average Bonchev–Trinajstić information content (AvgIpc) is 2.40. The zero-order valence-corrected chi connectivity index (χ0v) is 11.4. The van der Waals surface area contributed by atoms with Crippen molar-refractivity contribution in [1.29, 1.82) is 0 Å². The van der Waals surface area contributed by atoms with Crippen LogP contribution in [0.1, 0.15) is 46.0 Å². The summed E-state index contributed by atoms with van der Waals surface area (Å²) in [5, 5.41) is 0. The number of methoxy groups -OCH3 is 1. The summed E-state index contributed by atoms with van der Waals surface area (Å²) in [6, 6.07) is 0.682. The van der Waals surface area contributed by atoms with Crippen LogP contribution in [0.25, 0.3) is 0 Å². The van der Waals surface area contributed by atoms with Crippen molar-refractivity contribution in [1.82, 2.24) is 0 Å². The number of hydrogen-bond acceptors (Lipinski definition) is 2. The second-order valence-corrected chi connectivity index (χ2v) is 5.69. The van der Waals surface area contributed by atoms with E-state index in [1.165, 1.54) is 32.1 Å². The van der Waals surface area contributed by atoms with Gasteiger partial charge in [0.15, 0.2) is 0 Å². The highest BCUT2D eigenvalue weighted by atomic mass is 16.5. The van der Waals surface area contributed by atoms with Crippen molar-refractivity contribution in [2.24, 2.45) is 4.99 Å². The van der Waals surface area contributed by atoms with Crippen LogP contribution < -0.4 is 0 Å². The molecule has 1 heterocycles. The molecule has 96 valence electrons. The number of ether oxygens (including phenoxy) is 1. The Morgan fingerprint density at radius 2 is 1.94 bits per heavy atom. The van der Waals surface area contributed by atoms with Crippen molar-refractivity contribution in [3.8, 4) is 0 Å². The molecule has 1 unspecified atom stereocenters. The zero-order chi connectivity index (χ0) is 12.4. The first-order valence-corrected chi connectivity index (χ1v) is 6.74. The molecule has 1 atom stereocenters. The van der Waals surface area contributed by atoms with Gasteiger partial charge in [-0.3, -0.25) is 9.48 Å². The molecule has 3 heteroatoms. The van der Waals surface area contributed by atoms with E-state index in [2.05, 4.69) is 25.0 Å². The van der Waals surface area contributed by atoms with E-state index < -0.39 is 0 Å². The van der Waals surface area contributed by atoms with Crippen LogP contribution in [0.2, 0.25) is 0 Å². The third-order valence-corrected chi connectivity index (χ3v) is 4.64. The molecule has 0 aromatic carbocycles. The fourth-order valence-corrected chi connectivity index (χ4v) is 3.28. The molecule has 0 spiro atoms. The SMILES string of the molecule is COC(C)(C)[N+]1(C2CCCCC2)C=CN=CC1. The molecule has 0 aromatic heterocycles. The van der Waals surface area contributed by atoms with Crippen LogP contribution in [-0.4, -0.2) is 36.1 Å². The first kappa shape index (κ1) is 12.8. The number of rotatable bonds is 3. The van der Waals surface area contributed by atoms with Crippen molar-refractivity contribution in [2.45, 2.75) is 57.7 Å². The smallest absolute Gasteiger partial charge is 0.201 e. The van der Waals surface area contributed by atoms with Gasteiger partial charge in [-0.2, -0.15) is 0 Å². The average molecular weight is 237 g/mol. The van der Waals surface area contributed by atoms with E-state index in [-0.39, 0.29) is 5.72 Å². The van der Waals surface area contributed by atoms with E-state index in [0.29, 0.717) is 6.04 Å². The number of hydrogen-bond donors (Lipinski definition) is 0. The first-order valence-electron chi connectivity index (χ1n) is 6.74. The molecule has 1 saturated carbocycles. The minimum absolute atomic E-state index is 0.176. The van der Waals surface area contributed by atoms with Gasteiger partial charge < -0.3 is 4.74 Å². The molecule has 3 nitrogen and oxygen atoms in total. The Morgan fingerprint density at radius 3 is 2.47 bits per heavy atom. The quantitative estimate of drug-likeness (QED) is 0.691. The second-order valence-electron chi connectivity index (χ2n) is 5.69. The van der Waals surface area contributed by atoms with E-state index >= 15 is 0 Å². The highest BCUT2D eigenvalue weighted by molar-refractivity contribution is 5.60. The van der Waals surface area contributed by atoms with Gasteiger partial charge in [0.2, 0.25) is 5.72 Å². The van der Waals surface area contributed by atoms with Gasteiger partial charge in [-0.1, -0.05) is 6.42 Å². The molecule has 0 saturated heterocycles. The third-order valence-electron chi connectivity index (χ3n) is 4.64. The lowest BCUT2D eigenvalue weighted by Crippen LogP contribution is -2.65. The summed E-state index contributed by atoms with van der Waals surface area (Å²) in [5.41, 5.74) is -0.176. The minimum Gasteiger partial charge on any atom is -0.330 e. The third kappa shape index (κ3) is 2.18. The Hall–Kier alpha value is -0.670. The Kier molecular flexibility index (Phi) is 3.69. The van der Waals surface area contributed by atoms with Crippen LogP contribution in [0.4, 0.5) is 0 Å². The van der Waals surface area contributed by atoms with Crippen LogP contribution in [0.15, 0.2) is 17.4 Å². The molecule has 1 aliphatic carbocycles. The first-order chi connectivity index (χ1) is 8.12. The normalized spacial score (nSPS) is 30.8. The van der Waals surface area contributed by atoms with Crippen LogP contribution >= 0.6 is 0 Å². The van der Waals surface area contributed by atoms with E-state index in [4.69, 9.17) is 4.74 Å².